The summed E-state index contributed by atoms with van der Waals surface area (Å²) in [4.78, 5) is 10.3. The molecule has 0 heterocycles. The number of hydrogen-bond acceptors (Lipinski definition) is 2. The monoisotopic (exact) mass is 144 g/mol. The number of carboxylic acid groups (broad SMARTS) is 1. The summed E-state index contributed by atoms with van der Waals surface area (Å²) in [5.41, 5.74) is 0.689. The first kappa shape index (κ1) is 9.01. The smallest absolute Gasteiger partial charge is 0.371 e. The van der Waals surface area contributed by atoms with Crippen LogP contribution in [-0.2, 0) is 9.53 Å². The van der Waals surface area contributed by atoms with Crippen molar-refractivity contribution in [2.75, 3.05) is 6.61 Å². The van der Waals surface area contributed by atoms with E-state index < -0.39 is 5.97 Å². The third-order valence-electron chi connectivity index (χ3n) is 0.937. The lowest BCUT2D eigenvalue weighted by molar-refractivity contribution is -0.136. The van der Waals surface area contributed by atoms with Crippen LogP contribution in [0, 0.1) is 0 Å². The SMILES string of the molecule is CCOC(C(=O)O)=C(C)C. The van der Waals surface area contributed by atoms with Crippen LogP contribution in [0.2, 0.25) is 0 Å². The van der Waals surface area contributed by atoms with Crippen molar-refractivity contribution in [1.82, 2.24) is 0 Å². The standard InChI is InChI=1S/C7H12O3/c1-4-10-6(5(2)3)7(8)9/h4H2,1-3H3,(H,8,9). The van der Waals surface area contributed by atoms with Gasteiger partial charge in [0.15, 0.2) is 0 Å². The average Bonchev–Trinajstić information content (AvgIpc) is 1.81. The molecule has 0 aromatic carbocycles. The topological polar surface area (TPSA) is 46.5 Å². The molecule has 0 atom stereocenters. The van der Waals surface area contributed by atoms with Gasteiger partial charge in [-0.05, 0) is 26.3 Å². The van der Waals surface area contributed by atoms with Crippen molar-refractivity contribution in [3.8, 4) is 0 Å². The van der Waals surface area contributed by atoms with Gasteiger partial charge in [0.25, 0.3) is 0 Å². The second kappa shape index (κ2) is 3.93. The maximum absolute atomic E-state index is 10.3. The van der Waals surface area contributed by atoms with Crippen LogP contribution in [0.1, 0.15) is 20.8 Å². The molecule has 0 saturated carbocycles. The van der Waals surface area contributed by atoms with Gasteiger partial charge in [-0.2, -0.15) is 0 Å². The number of rotatable bonds is 3. The summed E-state index contributed by atoms with van der Waals surface area (Å²) in [6, 6.07) is 0. The predicted octanol–water partition coefficient (Wildman–Crippen LogP) is 1.40. The lowest BCUT2D eigenvalue weighted by Gasteiger charge is -2.04. The zero-order valence-electron chi connectivity index (χ0n) is 6.47. The van der Waals surface area contributed by atoms with Gasteiger partial charge in [0, 0.05) is 0 Å². The molecule has 0 aromatic heterocycles. The highest BCUT2D eigenvalue weighted by atomic mass is 16.5. The third kappa shape index (κ3) is 2.53. The summed E-state index contributed by atoms with van der Waals surface area (Å²) in [6.45, 7) is 5.57. The number of aliphatic carboxylic acids is 1. The quantitative estimate of drug-likeness (QED) is 0.481. The molecule has 0 amide bonds. The Labute approximate surface area is 60.3 Å². The summed E-state index contributed by atoms with van der Waals surface area (Å²) >= 11 is 0. The predicted molar refractivity (Wildman–Crippen MR) is 37.6 cm³/mol. The Balaban J connectivity index is 4.28. The fourth-order valence-electron chi connectivity index (χ4n) is 0.564. The summed E-state index contributed by atoms with van der Waals surface area (Å²) in [7, 11) is 0. The van der Waals surface area contributed by atoms with E-state index in [4.69, 9.17) is 9.84 Å². The Hall–Kier alpha value is -0.990. The Kier molecular flexibility index (Phi) is 3.54. The first-order valence-corrected chi connectivity index (χ1v) is 3.13. The van der Waals surface area contributed by atoms with E-state index in [-0.39, 0.29) is 5.76 Å². The summed E-state index contributed by atoms with van der Waals surface area (Å²) in [6.07, 6.45) is 0. The van der Waals surface area contributed by atoms with E-state index in [1.54, 1.807) is 20.8 Å². The van der Waals surface area contributed by atoms with Crippen LogP contribution in [0.5, 0.6) is 0 Å². The molecular weight excluding hydrogens is 132 g/mol. The molecule has 0 saturated heterocycles. The van der Waals surface area contributed by atoms with Crippen molar-refractivity contribution in [2.24, 2.45) is 0 Å². The Morgan fingerprint density at radius 2 is 2.00 bits per heavy atom. The molecule has 0 rings (SSSR count). The van der Waals surface area contributed by atoms with Crippen molar-refractivity contribution in [3.05, 3.63) is 11.3 Å². The van der Waals surface area contributed by atoms with Gasteiger partial charge in [0.1, 0.15) is 0 Å². The lowest BCUT2D eigenvalue weighted by Crippen LogP contribution is -2.06. The maximum atomic E-state index is 10.3. The van der Waals surface area contributed by atoms with Gasteiger partial charge in [0.2, 0.25) is 5.76 Å². The molecule has 3 nitrogen and oxygen atoms in total. The van der Waals surface area contributed by atoms with Crippen molar-refractivity contribution in [2.45, 2.75) is 20.8 Å². The van der Waals surface area contributed by atoms with Crippen LogP contribution in [0.3, 0.4) is 0 Å². The second-order valence-electron chi connectivity index (χ2n) is 2.07. The molecule has 0 spiro atoms. The first-order chi connectivity index (χ1) is 4.59. The van der Waals surface area contributed by atoms with Gasteiger partial charge in [-0.25, -0.2) is 4.79 Å². The van der Waals surface area contributed by atoms with Crippen molar-refractivity contribution in [3.63, 3.8) is 0 Å². The molecule has 58 valence electrons. The normalized spacial score (nSPS) is 8.70. The second-order valence-corrected chi connectivity index (χ2v) is 2.07. The summed E-state index contributed by atoms with van der Waals surface area (Å²) in [5, 5.41) is 8.49. The van der Waals surface area contributed by atoms with Gasteiger partial charge in [-0.1, -0.05) is 0 Å². The Morgan fingerprint density at radius 3 is 2.10 bits per heavy atom. The van der Waals surface area contributed by atoms with E-state index in [0.29, 0.717) is 12.2 Å². The van der Waals surface area contributed by atoms with E-state index in [2.05, 4.69) is 0 Å². The summed E-state index contributed by atoms with van der Waals surface area (Å²) < 4.78 is 4.84. The van der Waals surface area contributed by atoms with Crippen LogP contribution in [-0.4, -0.2) is 17.7 Å². The van der Waals surface area contributed by atoms with Crippen LogP contribution in [0.4, 0.5) is 0 Å². The van der Waals surface area contributed by atoms with E-state index in [9.17, 15) is 4.79 Å². The fourth-order valence-corrected chi connectivity index (χ4v) is 0.564. The molecule has 0 aliphatic carbocycles. The molecule has 3 heteroatoms. The Morgan fingerprint density at radius 1 is 1.50 bits per heavy atom. The van der Waals surface area contributed by atoms with Crippen LogP contribution in [0.25, 0.3) is 0 Å². The van der Waals surface area contributed by atoms with Crippen molar-refractivity contribution in [1.29, 1.82) is 0 Å². The molecule has 0 bridgehead atoms. The van der Waals surface area contributed by atoms with Gasteiger partial charge in [-0.3, -0.25) is 0 Å². The third-order valence-corrected chi connectivity index (χ3v) is 0.937. The van der Waals surface area contributed by atoms with Gasteiger partial charge in [0.05, 0.1) is 6.61 Å². The minimum atomic E-state index is -0.998. The molecule has 0 aliphatic rings. The highest BCUT2D eigenvalue weighted by molar-refractivity contribution is 5.84. The van der Waals surface area contributed by atoms with Gasteiger partial charge >= 0.3 is 5.97 Å². The molecule has 0 radical (unpaired) electrons. The zero-order chi connectivity index (χ0) is 8.15. The van der Waals surface area contributed by atoms with Gasteiger partial charge in [-0.15, -0.1) is 0 Å². The van der Waals surface area contributed by atoms with E-state index in [1.807, 2.05) is 0 Å². The first-order valence-electron chi connectivity index (χ1n) is 3.13. The minimum absolute atomic E-state index is 0.0579. The molecule has 0 aromatic rings. The van der Waals surface area contributed by atoms with E-state index in [0.717, 1.165) is 0 Å². The highest BCUT2D eigenvalue weighted by Gasteiger charge is 2.08. The number of carbonyl (C=O) groups is 1. The number of allylic oxidation sites excluding steroid dienone is 1. The number of hydrogen-bond donors (Lipinski definition) is 1. The van der Waals surface area contributed by atoms with E-state index in [1.165, 1.54) is 0 Å². The lowest BCUT2D eigenvalue weighted by atomic mass is 10.3. The van der Waals surface area contributed by atoms with Crippen LogP contribution in [0.15, 0.2) is 11.3 Å². The molecule has 0 aliphatic heterocycles. The molecule has 0 fully saturated rings. The van der Waals surface area contributed by atoms with Crippen molar-refractivity contribution >= 4 is 5.97 Å². The fraction of sp³-hybridized carbons (Fsp3) is 0.571. The van der Waals surface area contributed by atoms with E-state index >= 15 is 0 Å². The Bertz CT molecular complexity index is 154. The zero-order valence-corrected chi connectivity index (χ0v) is 6.47. The maximum Gasteiger partial charge on any atom is 0.371 e. The highest BCUT2D eigenvalue weighted by Crippen LogP contribution is 2.04. The average molecular weight is 144 g/mol. The van der Waals surface area contributed by atoms with Gasteiger partial charge < -0.3 is 9.84 Å². The minimum Gasteiger partial charge on any atom is -0.487 e. The number of ether oxygens (including phenoxy) is 1. The summed E-state index contributed by atoms with van der Waals surface area (Å²) in [5.74, 6) is -0.940. The molecule has 1 N–H and O–H groups in total. The number of carboxylic acids is 1. The molecule has 0 unspecified atom stereocenters. The van der Waals surface area contributed by atoms with Crippen LogP contribution < -0.4 is 0 Å². The molecular formula is C7H12O3. The van der Waals surface area contributed by atoms with Crippen molar-refractivity contribution < 1.29 is 14.6 Å². The largest absolute Gasteiger partial charge is 0.487 e. The molecule has 10 heavy (non-hydrogen) atoms. The van der Waals surface area contributed by atoms with Crippen LogP contribution >= 0.6 is 0 Å².